The van der Waals surface area contributed by atoms with Crippen LogP contribution in [0.15, 0.2) is 24.3 Å². The van der Waals surface area contributed by atoms with Crippen molar-refractivity contribution in [2.24, 2.45) is 5.92 Å². The van der Waals surface area contributed by atoms with Crippen LogP contribution in [0.5, 0.6) is 5.75 Å². The predicted molar refractivity (Wildman–Crippen MR) is 75.2 cm³/mol. The van der Waals surface area contributed by atoms with Crippen LogP contribution in [-0.4, -0.2) is 26.6 Å². The first-order valence-electron chi connectivity index (χ1n) is 6.94. The lowest BCUT2D eigenvalue weighted by molar-refractivity contribution is -0.275. The third kappa shape index (κ3) is 6.35. The first-order valence-corrected chi connectivity index (χ1v) is 6.94. The standard InChI is InChI=1S/C15H22F3NO2/c1-4-19-13(9-11(2)10-20-3)12-7-5-6-8-14(12)21-15(16,17)18/h5-8,11,13,19H,4,9-10H2,1-3H3. The number of hydrogen-bond acceptors (Lipinski definition) is 3. The Hall–Kier alpha value is -1.27. The second-order valence-corrected chi connectivity index (χ2v) is 4.99. The lowest BCUT2D eigenvalue weighted by Crippen LogP contribution is -2.26. The van der Waals surface area contributed by atoms with Crippen LogP contribution in [0.4, 0.5) is 13.2 Å². The first kappa shape index (κ1) is 17.8. The van der Waals surface area contributed by atoms with Gasteiger partial charge in [-0.1, -0.05) is 32.0 Å². The molecule has 1 rings (SSSR count). The molecule has 0 saturated carbocycles. The van der Waals surface area contributed by atoms with Crippen molar-refractivity contribution < 1.29 is 22.6 Å². The number of hydrogen-bond donors (Lipinski definition) is 1. The van der Waals surface area contributed by atoms with Gasteiger partial charge in [0.05, 0.1) is 0 Å². The van der Waals surface area contributed by atoms with Gasteiger partial charge in [-0.15, -0.1) is 13.2 Å². The fourth-order valence-corrected chi connectivity index (χ4v) is 2.31. The van der Waals surface area contributed by atoms with E-state index in [-0.39, 0.29) is 17.7 Å². The molecule has 1 aromatic carbocycles. The topological polar surface area (TPSA) is 30.5 Å². The minimum atomic E-state index is -4.69. The molecule has 0 heterocycles. The maximum Gasteiger partial charge on any atom is 0.573 e. The molecule has 0 aliphatic heterocycles. The summed E-state index contributed by atoms with van der Waals surface area (Å²) in [6, 6.07) is 6.04. The Labute approximate surface area is 123 Å². The molecule has 3 nitrogen and oxygen atoms in total. The molecular formula is C15H22F3NO2. The van der Waals surface area contributed by atoms with Crippen LogP contribution >= 0.6 is 0 Å². The zero-order valence-electron chi connectivity index (χ0n) is 12.5. The molecular weight excluding hydrogens is 283 g/mol. The zero-order chi connectivity index (χ0) is 15.9. The van der Waals surface area contributed by atoms with Crippen molar-refractivity contribution in [3.05, 3.63) is 29.8 Å². The molecule has 0 fully saturated rings. The fourth-order valence-electron chi connectivity index (χ4n) is 2.31. The van der Waals surface area contributed by atoms with Gasteiger partial charge in [0.2, 0.25) is 0 Å². The molecule has 0 saturated heterocycles. The number of benzene rings is 1. The number of ether oxygens (including phenoxy) is 2. The van der Waals surface area contributed by atoms with Gasteiger partial charge in [0.15, 0.2) is 0 Å². The van der Waals surface area contributed by atoms with Crippen LogP contribution in [0.25, 0.3) is 0 Å². The van der Waals surface area contributed by atoms with Gasteiger partial charge in [0.25, 0.3) is 0 Å². The smallest absolute Gasteiger partial charge is 0.405 e. The minimum absolute atomic E-state index is 0.152. The number of alkyl halides is 3. The normalized spacial score (nSPS) is 14.8. The van der Waals surface area contributed by atoms with E-state index in [1.165, 1.54) is 12.1 Å². The van der Waals surface area contributed by atoms with E-state index < -0.39 is 6.36 Å². The third-order valence-electron chi connectivity index (χ3n) is 3.06. The molecule has 0 amide bonds. The number of rotatable bonds is 8. The van der Waals surface area contributed by atoms with E-state index in [9.17, 15) is 13.2 Å². The number of methoxy groups -OCH3 is 1. The summed E-state index contributed by atoms with van der Waals surface area (Å²) in [5.41, 5.74) is 0.514. The lowest BCUT2D eigenvalue weighted by atomic mass is 9.95. The lowest BCUT2D eigenvalue weighted by Gasteiger charge is -2.24. The van der Waals surface area contributed by atoms with Crippen LogP contribution < -0.4 is 10.1 Å². The van der Waals surface area contributed by atoms with Crippen molar-refractivity contribution in [1.82, 2.24) is 5.32 Å². The summed E-state index contributed by atoms with van der Waals surface area (Å²) in [6.07, 6.45) is -4.02. The predicted octanol–water partition coefficient (Wildman–Crippen LogP) is 3.91. The summed E-state index contributed by atoms with van der Waals surface area (Å²) in [4.78, 5) is 0. The summed E-state index contributed by atoms with van der Waals surface area (Å²) in [5.74, 6) is 0.0681. The molecule has 1 aromatic rings. The Kier molecular flexibility index (Phi) is 6.98. The van der Waals surface area contributed by atoms with Crippen LogP contribution in [-0.2, 0) is 4.74 Å². The SMILES string of the molecule is CCNC(CC(C)COC)c1ccccc1OC(F)(F)F. The van der Waals surface area contributed by atoms with Gasteiger partial charge >= 0.3 is 6.36 Å². The first-order chi connectivity index (χ1) is 9.87. The number of para-hydroxylation sites is 1. The summed E-state index contributed by atoms with van der Waals surface area (Å²) in [6.45, 7) is 5.14. The summed E-state index contributed by atoms with van der Waals surface area (Å²) in [7, 11) is 1.61. The molecule has 0 aromatic heterocycles. The molecule has 0 radical (unpaired) electrons. The highest BCUT2D eigenvalue weighted by molar-refractivity contribution is 5.36. The van der Waals surface area contributed by atoms with Gasteiger partial charge in [-0.3, -0.25) is 0 Å². The molecule has 21 heavy (non-hydrogen) atoms. The maximum atomic E-state index is 12.5. The highest BCUT2D eigenvalue weighted by atomic mass is 19.4. The molecule has 2 unspecified atom stereocenters. The van der Waals surface area contributed by atoms with E-state index in [0.717, 1.165) is 0 Å². The van der Waals surface area contributed by atoms with Crippen molar-refractivity contribution in [3.8, 4) is 5.75 Å². The van der Waals surface area contributed by atoms with Crippen molar-refractivity contribution in [3.63, 3.8) is 0 Å². The Morgan fingerprint density at radius 3 is 2.48 bits per heavy atom. The Morgan fingerprint density at radius 1 is 1.24 bits per heavy atom. The number of nitrogens with one attached hydrogen (secondary N) is 1. The van der Waals surface area contributed by atoms with Crippen LogP contribution in [0.1, 0.15) is 31.9 Å². The molecule has 2 atom stereocenters. The third-order valence-corrected chi connectivity index (χ3v) is 3.06. The van der Waals surface area contributed by atoms with Crippen LogP contribution in [0.3, 0.4) is 0 Å². The zero-order valence-corrected chi connectivity index (χ0v) is 12.5. The van der Waals surface area contributed by atoms with Gasteiger partial charge in [-0.2, -0.15) is 0 Å². The van der Waals surface area contributed by atoms with E-state index in [0.29, 0.717) is 25.1 Å². The Balaban J connectivity index is 2.96. The summed E-state index contributed by atoms with van der Waals surface area (Å²) < 4.78 is 46.7. The molecule has 120 valence electrons. The molecule has 1 N–H and O–H groups in total. The van der Waals surface area contributed by atoms with E-state index in [2.05, 4.69) is 10.1 Å². The molecule has 0 spiro atoms. The van der Waals surface area contributed by atoms with Gasteiger partial charge in [-0.05, 0) is 24.9 Å². The van der Waals surface area contributed by atoms with Crippen molar-refractivity contribution in [2.45, 2.75) is 32.7 Å². The Bertz CT molecular complexity index is 424. The highest BCUT2D eigenvalue weighted by Gasteiger charge is 2.33. The molecule has 0 aliphatic rings. The van der Waals surface area contributed by atoms with E-state index >= 15 is 0 Å². The van der Waals surface area contributed by atoms with Crippen molar-refractivity contribution >= 4 is 0 Å². The largest absolute Gasteiger partial charge is 0.573 e. The Morgan fingerprint density at radius 2 is 1.90 bits per heavy atom. The average molecular weight is 305 g/mol. The van der Waals surface area contributed by atoms with Crippen LogP contribution in [0, 0.1) is 5.92 Å². The van der Waals surface area contributed by atoms with E-state index in [1.807, 2.05) is 13.8 Å². The van der Waals surface area contributed by atoms with Crippen LogP contribution in [0.2, 0.25) is 0 Å². The number of halogens is 3. The quantitative estimate of drug-likeness (QED) is 0.790. The van der Waals surface area contributed by atoms with E-state index in [1.54, 1.807) is 19.2 Å². The average Bonchev–Trinajstić information content (AvgIpc) is 2.37. The molecule has 0 aliphatic carbocycles. The monoisotopic (exact) mass is 305 g/mol. The van der Waals surface area contributed by atoms with E-state index in [4.69, 9.17) is 4.74 Å². The second kappa shape index (κ2) is 8.24. The highest BCUT2D eigenvalue weighted by Crippen LogP contribution is 2.33. The fraction of sp³-hybridized carbons (Fsp3) is 0.600. The van der Waals surface area contributed by atoms with Crippen molar-refractivity contribution in [1.29, 1.82) is 0 Å². The van der Waals surface area contributed by atoms with Gasteiger partial charge in [0.1, 0.15) is 5.75 Å². The molecule has 6 heteroatoms. The van der Waals surface area contributed by atoms with Gasteiger partial charge < -0.3 is 14.8 Å². The molecule has 0 bridgehead atoms. The van der Waals surface area contributed by atoms with Gasteiger partial charge in [-0.25, -0.2) is 0 Å². The van der Waals surface area contributed by atoms with Crippen molar-refractivity contribution in [2.75, 3.05) is 20.3 Å². The summed E-state index contributed by atoms with van der Waals surface area (Å²) in [5, 5.41) is 3.21. The second-order valence-electron chi connectivity index (χ2n) is 4.99. The minimum Gasteiger partial charge on any atom is -0.405 e. The van der Waals surface area contributed by atoms with Gasteiger partial charge in [0, 0.05) is 25.3 Å². The summed E-state index contributed by atoms with van der Waals surface area (Å²) >= 11 is 0. The maximum absolute atomic E-state index is 12.5.